The zero-order valence-corrected chi connectivity index (χ0v) is 31.7. The van der Waals surface area contributed by atoms with Gasteiger partial charge < -0.3 is 9.13 Å². The number of aromatic nitrogens is 2. The minimum atomic E-state index is 0.0856. The lowest BCUT2D eigenvalue weighted by Crippen LogP contribution is -2.61. The van der Waals surface area contributed by atoms with Crippen LogP contribution in [0.1, 0.15) is 22.6 Å². The monoisotopic (exact) mass is 734 g/mol. The van der Waals surface area contributed by atoms with E-state index in [1.165, 1.54) is 110 Å². The molecule has 2 aromatic heterocycles. The van der Waals surface area contributed by atoms with Crippen LogP contribution in [0.15, 0.2) is 206 Å². The average molecular weight is 735 g/mol. The molecule has 2 nitrogen and oxygen atoms in total. The summed E-state index contributed by atoms with van der Waals surface area (Å²) >= 11 is 0. The van der Waals surface area contributed by atoms with E-state index in [2.05, 4.69) is 215 Å². The number of fused-ring (bicyclic) bond motifs is 11. The summed E-state index contributed by atoms with van der Waals surface area (Å²) in [6, 6.07) is 76.9. The van der Waals surface area contributed by atoms with Crippen molar-refractivity contribution in [1.82, 2.24) is 9.13 Å². The van der Waals surface area contributed by atoms with Gasteiger partial charge in [0.05, 0.1) is 16.6 Å². The number of rotatable bonds is 4. The molecule has 0 spiro atoms. The first kappa shape index (κ1) is 31.8. The molecule has 0 radical (unpaired) electrons. The lowest BCUT2D eigenvalue weighted by Gasteiger charge is -2.38. The average Bonchev–Trinajstić information content (AvgIpc) is 3.80. The first-order valence-corrected chi connectivity index (χ1v) is 20.3. The topological polar surface area (TPSA) is 9.86 Å². The predicted molar refractivity (Wildman–Crippen MR) is 244 cm³/mol. The third-order valence-corrected chi connectivity index (χ3v) is 13.1. The summed E-state index contributed by atoms with van der Waals surface area (Å²) in [7, 11) is 0. The number of hydrogen-bond acceptors (Lipinski definition) is 0. The summed E-state index contributed by atoms with van der Waals surface area (Å²) in [4.78, 5) is 0. The van der Waals surface area contributed by atoms with Crippen LogP contribution in [0.5, 0.6) is 0 Å². The molecule has 0 saturated heterocycles. The number of benzene rings is 9. The standard InChI is InChI=1S/C55H35BN2/c1-4-14-35(15-5-1)37-24-26-38(27-25-37)53-43-29-28-39(36-16-6-2-7-17-36)32-48(43)56-47-21-11-13-23-50(47)58-52-34-51-45(33-46(52)42-30-31-44(53)54(56)55(42)58)41-20-10-12-22-49(41)57(51)40-18-8-3-9-19-40/h1-34,53H. The van der Waals surface area contributed by atoms with Crippen molar-refractivity contribution < 1.29 is 0 Å². The van der Waals surface area contributed by atoms with Gasteiger partial charge in [-0.15, -0.1) is 0 Å². The molecule has 2 aliphatic rings. The van der Waals surface area contributed by atoms with Crippen molar-refractivity contribution in [3.8, 4) is 33.6 Å². The van der Waals surface area contributed by atoms with E-state index in [1.54, 1.807) is 0 Å². The Kier molecular flexibility index (Phi) is 6.62. The highest BCUT2D eigenvalue weighted by molar-refractivity contribution is 6.99. The van der Waals surface area contributed by atoms with E-state index in [0.717, 1.165) is 0 Å². The maximum absolute atomic E-state index is 2.60. The van der Waals surface area contributed by atoms with Crippen molar-refractivity contribution in [2.45, 2.75) is 5.92 Å². The zero-order chi connectivity index (χ0) is 37.9. The second kappa shape index (κ2) is 12.1. The lowest BCUT2D eigenvalue weighted by atomic mass is 9.31. The minimum absolute atomic E-state index is 0.0856. The Morgan fingerprint density at radius 3 is 1.76 bits per heavy atom. The van der Waals surface area contributed by atoms with E-state index in [4.69, 9.17) is 0 Å². The van der Waals surface area contributed by atoms with Gasteiger partial charge in [-0.1, -0.05) is 175 Å². The summed E-state index contributed by atoms with van der Waals surface area (Å²) in [5.74, 6) is 0.0856. The predicted octanol–water partition coefficient (Wildman–Crippen LogP) is 11.5. The second-order valence-electron chi connectivity index (χ2n) is 16.0. The van der Waals surface area contributed by atoms with Crippen molar-refractivity contribution in [2.24, 2.45) is 0 Å². The van der Waals surface area contributed by atoms with Gasteiger partial charge in [0.2, 0.25) is 6.71 Å². The van der Waals surface area contributed by atoms with Gasteiger partial charge in [0.25, 0.3) is 0 Å². The van der Waals surface area contributed by atoms with Gasteiger partial charge in [-0.3, -0.25) is 0 Å². The summed E-state index contributed by atoms with van der Waals surface area (Å²) in [5.41, 5.74) is 20.7. The molecule has 13 rings (SSSR count). The summed E-state index contributed by atoms with van der Waals surface area (Å²) in [5, 5.41) is 5.16. The van der Waals surface area contributed by atoms with E-state index < -0.39 is 0 Å². The normalized spacial score (nSPS) is 14.0. The van der Waals surface area contributed by atoms with Crippen LogP contribution in [0.2, 0.25) is 0 Å². The van der Waals surface area contributed by atoms with Gasteiger partial charge in [0, 0.05) is 44.4 Å². The molecule has 3 heteroatoms. The number of nitrogens with zero attached hydrogens (tertiary/aromatic N) is 2. The van der Waals surface area contributed by atoms with Gasteiger partial charge in [0.1, 0.15) is 0 Å². The fourth-order valence-electron chi connectivity index (χ4n) is 10.6. The molecule has 0 N–H and O–H groups in total. The molecule has 1 atom stereocenters. The highest BCUT2D eigenvalue weighted by Gasteiger charge is 2.42. The molecule has 2 aliphatic heterocycles. The molecule has 1 unspecified atom stereocenters. The maximum Gasteiger partial charge on any atom is 0.247 e. The Balaban J connectivity index is 1.13. The molecule has 268 valence electrons. The minimum Gasteiger partial charge on any atom is -0.310 e. The lowest BCUT2D eigenvalue weighted by molar-refractivity contribution is 0.986. The van der Waals surface area contributed by atoms with Gasteiger partial charge >= 0.3 is 0 Å². The van der Waals surface area contributed by atoms with Crippen molar-refractivity contribution in [3.05, 3.63) is 223 Å². The molecule has 58 heavy (non-hydrogen) atoms. The molecule has 9 aromatic carbocycles. The molecular weight excluding hydrogens is 699 g/mol. The van der Waals surface area contributed by atoms with Crippen LogP contribution >= 0.6 is 0 Å². The molecule has 0 saturated carbocycles. The highest BCUT2D eigenvalue weighted by atomic mass is 15.0. The van der Waals surface area contributed by atoms with Crippen molar-refractivity contribution in [2.75, 3.05) is 0 Å². The Morgan fingerprint density at radius 1 is 0.362 bits per heavy atom. The summed E-state index contributed by atoms with van der Waals surface area (Å²) in [6.45, 7) is 0.0959. The third-order valence-electron chi connectivity index (χ3n) is 13.1. The first-order chi connectivity index (χ1) is 28.8. The van der Waals surface area contributed by atoms with Crippen LogP contribution in [0, 0.1) is 0 Å². The Labute approximate surface area is 337 Å². The van der Waals surface area contributed by atoms with E-state index in [1.807, 2.05) is 0 Å². The first-order valence-electron chi connectivity index (χ1n) is 20.3. The highest BCUT2D eigenvalue weighted by Crippen LogP contribution is 2.44. The van der Waals surface area contributed by atoms with Crippen LogP contribution in [0.4, 0.5) is 0 Å². The molecule has 11 aromatic rings. The van der Waals surface area contributed by atoms with Crippen molar-refractivity contribution in [3.63, 3.8) is 0 Å². The number of para-hydroxylation sites is 3. The van der Waals surface area contributed by atoms with Crippen molar-refractivity contribution >= 4 is 66.7 Å². The maximum atomic E-state index is 2.60. The summed E-state index contributed by atoms with van der Waals surface area (Å²) < 4.78 is 5.04. The van der Waals surface area contributed by atoms with Crippen LogP contribution < -0.4 is 16.4 Å². The Morgan fingerprint density at radius 2 is 0.966 bits per heavy atom. The molecule has 0 fully saturated rings. The van der Waals surface area contributed by atoms with Crippen LogP contribution in [-0.2, 0) is 0 Å². The largest absolute Gasteiger partial charge is 0.310 e. The van der Waals surface area contributed by atoms with Crippen LogP contribution in [-0.4, -0.2) is 15.8 Å². The van der Waals surface area contributed by atoms with Gasteiger partial charge in [0.15, 0.2) is 0 Å². The van der Waals surface area contributed by atoms with Gasteiger partial charge in [-0.05, 0) is 86.3 Å². The van der Waals surface area contributed by atoms with Crippen LogP contribution in [0.25, 0.3) is 77.2 Å². The summed E-state index contributed by atoms with van der Waals surface area (Å²) in [6.07, 6.45) is 0. The zero-order valence-electron chi connectivity index (χ0n) is 31.7. The molecular formula is C55H35BN2. The quantitative estimate of drug-likeness (QED) is 0.159. The van der Waals surface area contributed by atoms with Crippen LogP contribution in [0.3, 0.4) is 0 Å². The SMILES string of the molecule is c1ccc(-c2ccc(C3c4ccc(-c5ccccc5)cc4B4c5ccccc5-n5c6cc7c(cc6c6ccc3c4c65)c3ccccc3n7-c3ccccc3)cc2)cc1. The number of hydrogen-bond donors (Lipinski definition) is 0. The third kappa shape index (κ3) is 4.39. The Hall–Kier alpha value is -7.36. The Bertz CT molecular complexity index is 3430. The van der Waals surface area contributed by atoms with Gasteiger partial charge in [-0.25, -0.2) is 0 Å². The van der Waals surface area contributed by atoms with E-state index in [9.17, 15) is 0 Å². The van der Waals surface area contributed by atoms with Gasteiger partial charge in [-0.2, -0.15) is 0 Å². The van der Waals surface area contributed by atoms with E-state index in [-0.39, 0.29) is 12.6 Å². The fraction of sp³-hybridized carbons (Fsp3) is 0.0182. The smallest absolute Gasteiger partial charge is 0.247 e. The molecule has 0 bridgehead atoms. The molecule has 4 heterocycles. The van der Waals surface area contributed by atoms with E-state index >= 15 is 0 Å². The van der Waals surface area contributed by atoms with E-state index in [0.29, 0.717) is 0 Å². The molecule has 0 amide bonds. The fourth-order valence-corrected chi connectivity index (χ4v) is 10.6. The van der Waals surface area contributed by atoms with Crippen molar-refractivity contribution in [1.29, 1.82) is 0 Å². The second-order valence-corrected chi connectivity index (χ2v) is 16.0. The molecule has 0 aliphatic carbocycles.